The number of H-pyrrole nitrogens is 1. The number of aromatic nitrogens is 1. The lowest BCUT2D eigenvalue weighted by molar-refractivity contribution is 0.481. The Labute approximate surface area is 114 Å². The molecule has 3 rings (SSSR count). The number of rotatable bonds is 1. The third kappa shape index (κ3) is 1.98. The number of benzene rings is 2. The Balaban J connectivity index is 2.33. The maximum absolute atomic E-state index is 12.0. The smallest absolute Gasteiger partial charge is 0.256 e. The minimum Gasteiger partial charge on any atom is -0.505 e. The molecule has 0 saturated heterocycles. The Hall–Kier alpha value is -2.26. The lowest BCUT2D eigenvalue weighted by atomic mass is 10.1. The molecule has 1 heterocycles. The molecule has 0 radical (unpaired) electrons. The van der Waals surface area contributed by atoms with Crippen molar-refractivity contribution in [3.8, 4) is 17.0 Å². The maximum Gasteiger partial charge on any atom is 0.256 e. The van der Waals surface area contributed by atoms with Crippen LogP contribution in [0.15, 0.2) is 53.3 Å². The minimum absolute atomic E-state index is 0.0672. The van der Waals surface area contributed by atoms with Crippen LogP contribution in [0.4, 0.5) is 0 Å². The lowest BCUT2D eigenvalue weighted by Gasteiger charge is -2.08. The second-order valence-corrected chi connectivity index (χ2v) is 4.67. The molecule has 4 heteroatoms. The molecular weight excluding hydrogens is 262 g/mol. The molecule has 0 aliphatic rings. The van der Waals surface area contributed by atoms with Crippen LogP contribution in [0.2, 0.25) is 5.02 Å². The van der Waals surface area contributed by atoms with Crippen molar-refractivity contribution in [3.05, 3.63) is 63.9 Å². The molecule has 0 amide bonds. The molecule has 3 aromatic rings. The molecule has 0 bridgehead atoms. The summed E-state index contributed by atoms with van der Waals surface area (Å²) in [6.45, 7) is 0. The van der Waals surface area contributed by atoms with Crippen molar-refractivity contribution in [2.75, 3.05) is 0 Å². The molecule has 0 saturated carbocycles. The van der Waals surface area contributed by atoms with E-state index in [9.17, 15) is 9.90 Å². The van der Waals surface area contributed by atoms with Crippen LogP contribution in [0, 0.1) is 0 Å². The van der Waals surface area contributed by atoms with Crippen molar-refractivity contribution >= 4 is 22.4 Å². The summed E-state index contributed by atoms with van der Waals surface area (Å²) in [4.78, 5) is 14.7. The summed E-state index contributed by atoms with van der Waals surface area (Å²) >= 11 is 5.83. The van der Waals surface area contributed by atoms with Gasteiger partial charge in [-0.3, -0.25) is 4.79 Å². The summed E-state index contributed by atoms with van der Waals surface area (Å²) in [7, 11) is 0. The quantitative estimate of drug-likeness (QED) is 0.711. The van der Waals surface area contributed by atoms with Gasteiger partial charge in [-0.25, -0.2) is 0 Å². The molecule has 0 aliphatic carbocycles. The largest absolute Gasteiger partial charge is 0.505 e. The first-order chi connectivity index (χ1) is 9.16. The highest BCUT2D eigenvalue weighted by molar-refractivity contribution is 6.30. The maximum atomic E-state index is 12.0. The van der Waals surface area contributed by atoms with E-state index < -0.39 is 0 Å². The second kappa shape index (κ2) is 4.44. The fourth-order valence-corrected chi connectivity index (χ4v) is 2.21. The summed E-state index contributed by atoms with van der Waals surface area (Å²) < 4.78 is 0. The van der Waals surface area contributed by atoms with Crippen molar-refractivity contribution < 1.29 is 5.11 Å². The van der Waals surface area contributed by atoms with Gasteiger partial charge in [0, 0.05) is 16.0 Å². The topological polar surface area (TPSA) is 53.1 Å². The van der Waals surface area contributed by atoms with Gasteiger partial charge in [0.25, 0.3) is 5.56 Å². The van der Waals surface area contributed by atoms with E-state index in [4.69, 9.17) is 11.6 Å². The van der Waals surface area contributed by atoms with Crippen LogP contribution in [-0.4, -0.2) is 10.1 Å². The standard InChI is InChI=1S/C15H10ClNO2/c16-10-7-5-9(6-8-10)13-14(18)11-3-1-2-4-12(11)15(19)17-13/h1-8,18H,(H,17,19). The molecule has 0 spiro atoms. The average Bonchev–Trinajstić information content (AvgIpc) is 2.44. The molecule has 2 aromatic carbocycles. The van der Waals surface area contributed by atoms with Crippen molar-refractivity contribution in [3.63, 3.8) is 0 Å². The summed E-state index contributed by atoms with van der Waals surface area (Å²) in [5.74, 6) is 0.0672. The van der Waals surface area contributed by atoms with E-state index in [1.807, 2.05) is 0 Å². The number of pyridine rings is 1. The van der Waals surface area contributed by atoms with E-state index in [0.717, 1.165) is 0 Å². The van der Waals surface area contributed by atoms with Crippen LogP contribution in [0.1, 0.15) is 0 Å². The van der Waals surface area contributed by atoms with Crippen LogP contribution in [0.25, 0.3) is 22.0 Å². The number of hydrogen-bond donors (Lipinski definition) is 2. The van der Waals surface area contributed by atoms with Gasteiger partial charge in [-0.2, -0.15) is 0 Å². The molecule has 3 nitrogen and oxygen atoms in total. The van der Waals surface area contributed by atoms with Gasteiger partial charge in [-0.05, 0) is 18.2 Å². The monoisotopic (exact) mass is 271 g/mol. The van der Waals surface area contributed by atoms with E-state index in [0.29, 0.717) is 27.1 Å². The Bertz CT molecular complexity index is 806. The zero-order chi connectivity index (χ0) is 13.4. The second-order valence-electron chi connectivity index (χ2n) is 4.23. The summed E-state index contributed by atoms with van der Waals surface area (Å²) in [5.41, 5.74) is 0.892. The number of fused-ring (bicyclic) bond motifs is 1. The predicted molar refractivity (Wildman–Crippen MR) is 76.7 cm³/mol. The highest BCUT2D eigenvalue weighted by atomic mass is 35.5. The Morgan fingerprint density at radius 3 is 2.26 bits per heavy atom. The van der Waals surface area contributed by atoms with Gasteiger partial charge in [-0.1, -0.05) is 41.9 Å². The van der Waals surface area contributed by atoms with E-state index in [2.05, 4.69) is 4.98 Å². The van der Waals surface area contributed by atoms with Gasteiger partial charge in [0.05, 0.1) is 11.1 Å². The molecule has 0 fully saturated rings. The predicted octanol–water partition coefficient (Wildman–Crippen LogP) is 3.55. The normalized spacial score (nSPS) is 10.8. The van der Waals surface area contributed by atoms with Gasteiger partial charge in [-0.15, -0.1) is 0 Å². The minimum atomic E-state index is -0.224. The molecule has 0 atom stereocenters. The number of aromatic hydroxyl groups is 1. The summed E-state index contributed by atoms with van der Waals surface area (Å²) in [5, 5.41) is 11.9. The molecule has 19 heavy (non-hydrogen) atoms. The number of aromatic amines is 1. The fourth-order valence-electron chi connectivity index (χ4n) is 2.09. The molecule has 1 aromatic heterocycles. The average molecular weight is 272 g/mol. The van der Waals surface area contributed by atoms with Gasteiger partial charge in [0.2, 0.25) is 0 Å². The third-order valence-corrected chi connectivity index (χ3v) is 3.29. The van der Waals surface area contributed by atoms with E-state index in [1.165, 1.54) is 0 Å². The first-order valence-electron chi connectivity index (χ1n) is 5.77. The number of hydrogen-bond acceptors (Lipinski definition) is 2. The Morgan fingerprint density at radius 2 is 1.58 bits per heavy atom. The highest BCUT2D eigenvalue weighted by Crippen LogP contribution is 2.32. The molecule has 0 aliphatic heterocycles. The Morgan fingerprint density at radius 1 is 0.947 bits per heavy atom. The van der Waals surface area contributed by atoms with Crippen molar-refractivity contribution in [1.82, 2.24) is 4.98 Å². The van der Waals surface area contributed by atoms with Crippen LogP contribution in [0.3, 0.4) is 0 Å². The van der Waals surface area contributed by atoms with Crippen molar-refractivity contribution in [2.45, 2.75) is 0 Å². The van der Waals surface area contributed by atoms with Crippen LogP contribution in [0.5, 0.6) is 5.75 Å². The Kier molecular flexibility index (Phi) is 2.76. The number of nitrogens with one attached hydrogen (secondary N) is 1. The summed E-state index contributed by atoms with van der Waals surface area (Å²) in [6, 6.07) is 13.9. The third-order valence-electron chi connectivity index (χ3n) is 3.04. The SMILES string of the molecule is O=c1[nH]c(-c2ccc(Cl)cc2)c(O)c2ccccc12. The first kappa shape index (κ1) is 11.8. The van der Waals surface area contributed by atoms with Gasteiger partial charge >= 0.3 is 0 Å². The molecular formula is C15H10ClNO2. The van der Waals surface area contributed by atoms with Gasteiger partial charge in [0.15, 0.2) is 0 Å². The zero-order valence-electron chi connectivity index (χ0n) is 9.85. The van der Waals surface area contributed by atoms with Crippen molar-refractivity contribution in [2.24, 2.45) is 0 Å². The van der Waals surface area contributed by atoms with Crippen LogP contribution in [-0.2, 0) is 0 Å². The fraction of sp³-hybridized carbons (Fsp3) is 0. The number of halogens is 1. The zero-order valence-corrected chi connectivity index (χ0v) is 10.6. The van der Waals surface area contributed by atoms with E-state index >= 15 is 0 Å². The van der Waals surface area contributed by atoms with E-state index in [1.54, 1.807) is 48.5 Å². The molecule has 0 unspecified atom stereocenters. The van der Waals surface area contributed by atoms with Gasteiger partial charge < -0.3 is 10.1 Å². The lowest BCUT2D eigenvalue weighted by Crippen LogP contribution is -2.07. The first-order valence-corrected chi connectivity index (χ1v) is 6.14. The molecule has 94 valence electrons. The summed E-state index contributed by atoms with van der Waals surface area (Å²) in [6.07, 6.45) is 0. The van der Waals surface area contributed by atoms with Gasteiger partial charge in [0.1, 0.15) is 5.75 Å². The highest BCUT2D eigenvalue weighted by Gasteiger charge is 2.11. The van der Waals surface area contributed by atoms with Crippen LogP contribution >= 0.6 is 11.6 Å². The van der Waals surface area contributed by atoms with E-state index in [-0.39, 0.29) is 11.3 Å². The van der Waals surface area contributed by atoms with Crippen LogP contribution < -0.4 is 5.56 Å². The van der Waals surface area contributed by atoms with Crippen molar-refractivity contribution in [1.29, 1.82) is 0 Å². The molecule has 2 N–H and O–H groups in total.